The molecule has 1 aliphatic carbocycles. The Hall–Kier alpha value is -2.35. The van der Waals surface area contributed by atoms with Crippen molar-refractivity contribution in [1.29, 1.82) is 0 Å². The van der Waals surface area contributed by atoms with Gasteiger partial charge in [-0.2, -0.15) is 0 Å². The van der Waals surface area contributed by atoms with E-state index in [2.05, 4.69) is 20.2 Å². The van der Waals surface area contributed by atoms with Crippen LogP contribution in [0.15, 0.2) is 41.3 Å². The van der Waals surface area contributed by atoms with Crippen molar-refractivity contribution in [1.82, 2.24) is 10.2 Å². The molecule has 1 heterocycles. The first-order chi connectivity index (χ1) is 12.4. The summed E-state index contributed by atoms with van der Waals surface area (Å²) in [6, 6.07) is 9.93. The molecule has 3 rings (SSSR count). The largest absolute Gasteiger partial charge is 0.490 e. The molecule has 0 unspecified atom stereocenters. The van der Waals surface area contributed by atoms with Gasteiger partial charge in [-0.05, 0) is 75.9 Å². The molecule has 0 radical (unpaired) electrons. The van der Waals surface area contributed by atoms with Gasteiger partial charge in [-0.3, -0.25) is 4.72 Å². The number of anilines is 2. The zero-order valence-corrected chi connectivity index (χ0v) is 15.8. The summed E-state index contributed by atoms with van der Waals surface area (Å²) >= 11 is 0. The van der Waals surface area contributed by atoms with Gasteiger partial charge in [0.05, 0.1) is 11.0 Å². The highest BCUT2D eigenvalue weighted by atomic mass is 32.2. The van der Waals surface area contributed by atoms with Gasteiger partial charge in [0.1, 0.15) is 11.6 Å². The molecule has 2 N–H and O–H groups in total. The van der Waals surface area contributed by atoms with Crippen molar-refractivity contribution in [2.75, 3.05) is 10.0 Å². The predicted molar refractivity (Wildman–Crippen MR) is 101 cm³/mol. The maximum absolute atomic E-state index is 12.5. The Bertz CT molecular complexity index is 815. The molecule has 0 saturated heterocycles. The third-order valence-electron chi connectivity index (χ3n) is 4.08. The lowest BCUT2D eigenvalue weighted by Crippen LogP contribution is -2.16. The molecule has 1 aliphatic rings. The van der Waals surface area contributed by atoms with E-state index < -0.39 is 10.0 Å². The van der Waals surface area contributed by atoms with Crippen LogP contribution in [-0.2, 0) is 10.0 Å². The Morgan fingerprint density at radius 1 is 1.00 bits per heavy atom. The number of ether oxygens (including phenoxy) is 1. The van der Waals surface area contributed by atoms with Gasteiger partial charge >= 0.3 is 0 Å². The lowest BCUT2D eigenvalue weighted by atomic mass is 10.3. The van der Waals surface area contributed by atoms with E-state index in [1.807, 2.05) is 13.8 Å². The van der Waals surface area contributed by atoms with Crippen molar-refractivity contribution < 1.29 is 13.2 Å². The van der Waals surface area contributed by atoms with Gasteiger partial charge in [0, 0.05) is 6.04 Å². The van der Waals surface area contributed by atoms with E-state index in [0.29, 0.717) is 11.6 Å². The standard InChI is InChI=1S/C18H24N4O3S/c1-13(2)19-17-11-12-18(21-20-17)22-26(23,24)16-9-7-15(8-10-16)25-14-5-3-4-6-14/h7-14H,3-6H2,1-2H3,(H,19,20)(H,21,22). The van der Waals surface area contributed by atoms with Crippen LogP contribution in [0.1, 0.15) is 39.5 Å². The topological polar surface area (TPSA) is 93.2 Å². The second kappa shape index (κ2) is 7.90. The maximum Gasteiger partial charge on any atom is 0.263 e. The van der Waals surface area contributed by atoms with Crippen LogP contribution in [0.25, 0.3) is 0 Å². The Morgan fingerprint density at radius 3 is 2.19 bits per heavy atom. The Labute approximate surface area is 154 Å². The predicted octanol–water partition coefficient (Wildman–Crippen LogP) is 3.42. The van der Waals surface area contributed by atoms with Crippen molar-refractivity contribution in [2.24, 2.45) is 0 Å². The molecule has 2 aromatic rings. The van der Waals surface area contributed by atoms with Crippen molar-refractivity contribution in [3.8, 4) is 5.75 Å². The van der Waals surface area contributed by atoms with Crippen LogP contribution in [0.3, 0.4) is 0 Å². The molecule has 1 saturated carbocycles. The smallest absolute Gasteiger partial charge is 0.263 e. The zero-order valence-electron chi connectivity index (χ0n) is 15.0. The van der Waals surface area contributed by atoms with E-state index in [9.17, 15) is 8.42 Å². The highest BCUT2D eigenvalue weighted by Crippen LogP contribution is 2.25. The molecule has 7 nitrogen and oxygen atoms in total. The van der Waals surface area contributed by atoms with Gasteiger partial charge in [0.15, 0.2) is 5.82 Å². The Kier molecular flexibility index (Phi) is 5.61. The summed E-state index contributed by atoms with van der Waals surface area (Å²) < 4.78 is 33.3. The molecule has 1 aromatic heterocycles. The first-order valence-corrected chi connectivity index (χ1v) is 10.3. The van der Waals surface area contributed by atoms with E-state index in [1.165, 1.54) is 25.0 Å². The first kappa shape index (κ1) is 18.4. The monoisotopic (exact) mass is 376 g/mol. The molecule has 0 aliphatic heterocycles. The number of aromatic nitrogens is 2. The van der Waals surface area contributed by atoms with E-state index >= 15 is 0 Å². The summed E-state index contributed by atoms with van der Waals surface area (Å²) in [6.07, 6.45) is 4.73. The minimum absolute atomic E-state index is 0.155. The van der Waals surface area contributed by atoms with Crippen LogP contribution in [0, 0.1) is 0 Å². The number of hydrogen-bond acceptors (Lipinski definition) is 6. The summed E-state index contributed by atoms with van der Waals surface area (Å²) in [5.41, 5.74) is 0. The van der Waals surface area contributed by atoms with Gasteiger partial charge in [-0.25, -0.2) is 8.42 Å². The number of nitrogens with zero attached hydrogens (tertiary/aromatic N) is 2. The van der Waals surface area contributed by atoms with Gasteiger partial charge in [0.2, 0.25) is 0 Å². The van der Waals surface area contributed by atoms with E-state index in [-0.39, 0.29) is 22.9 Å². The molecule has 8 heteroatoms. The average molecular weight is 376 g/mol. The number of nitrogens with one attached hydrogen (secondary N) is 2. The Balaban J connectivity index is 1.65. The minimum atomic E-state index is -3.72. The summed E-state index contributed by atoms with van der Waals surface area (Å²) in [5, 5.41) is 11.0. The maximum atomic E-state index is 12.5. The molecule has 1 aromatic carbocycles. The molecular formula is C18H24N4O3S. The summed E-state index contributed by atoms with van der Waals surface area (Å²) in [7, 11) is -3.72. The molecule has 0 bridgehead atoms. The molecule has 140 valence electrons. The Morgan fingerprint density at radius 2 is 1.62 bits per heavy atom. The SMILES string of the molecule is CC(C)Nc1ccc(NS(=O)(=O)c2ccc(OC3CCCC3)cc2)nn1. The highest BCUT2D eigenvalue weighted by molar-refractivity contribution is 7.92. The van der Waals surface area contributed by atoms with Crippen LogP contribution in [0.4, 0.5) is 11.6 Å². The van der Waals surface area contributed by atoms with E-state index in [1.54, 1.807) is 24.3 Å². The second-order valence-electron chi connectivity index (χ2n) is 6.70. The highest BCUT2D eigenvalue weighted by Gasteiger charge is 2.18. The van der Waals surface area contributed by atoms with Gasteiger partial charge in [-0.15, -0.1) is 10.2 Å². The van der Waals surface area contributed by atoms with Crippen molar-refractivity contribution in [3.05, 3.63) is 36.4 Å². The summed E-state index contributed by atoms with van der Waals surface area (Å²) in [6.45, 7) is 3.97. The van der Waals surface area contributed by atoms with Crippen LogP contribution < -0.4 is 14.8 Å². The minimum Gasteiger partial charge on any atom is -0.490 e. The third kappa shape index (κ3) is 4.85. The number of rotatable bonds is 7. The van der Waals surface area contributed by atoms with Crippen LogP contribution in [-0.4, -0.2) is 30.8 Å². The van der Waals surface area contributed by atoms with E-state index in [4.69, 9.17) is 4.74 Å². The zero-order chi connectivity index (χ0) is 18.6. The van der Waals surface area contributed by atoms with Crippen LogP contribution in [0.2, 0.25) is 0 Å². The van der Waals surface area contributed by atoms with Crippen LogP contribution in [0.5, 0.6) is 5.75 Å². The third-order valence-corrected chi connectivity index (χ3v) is 5.45. The molecule has 26 heavy (non-hydrogen) atoms. The number of benzene rings is 1. The fraction of sp³-hybridized carbons (Fsp3) is 0.444. The van der Waals surface area contributed by atoms with Gasteiger partial charge < -0.3 is 10.1 Å². The summed E-state index contributed by atoms with van der Waals surface area (Å²) in [4.78, 5) is 0.155. The van der Waals surface area contributed by atoms with E-state index in [0.717, 1.165) is 12.8 Å². The fourth-order valence-corrected chi connectivity index (χ4v) is 3.85. The lowest BCUT2D eigenvalue weighted by Gasteiger charge is -2.13. The van der Waals surface area contributed by atoms with Gasteiger partial charge in [-0.1, -0.05) is 0 Å². The molecule has 0 atom stereocenters. The molecule has 0 spiro atoms. The first-order valence-electron chi connectivity index (χ1n) is 8.82. The number of sulfonamides is 1. The van der Waals surface area contributed by atoms with Crippen LogP contribution >= 0.6 is 0 Å². The quantitative estimate of drug-likeness (QED) is 0.769. The average Bonchev–Trinajstić information content (AvgIpc) is 3.09. The second-order valence-corrected chi connectivity index (χ2v) is 8.39. The van der Waals surface area contributed by atoms with Crippen molar-refractivity contribution in [2.45, 2.75) is 56.6 Å². The van der Waals surface area contributed by atoms with Crippen molar-refractivity contribution >= 4 is 21.7 Å². The number of hydrogen-bond donors (Lipinski definition) is 2. The summed E-state index contributed by atoms with van der Waals surface area (Å²) in [5.74, 6) is 1.46. The van der Waals surface area contributed by atoms with Crippen molar-refractivity contribution in [3.63, 3.8) is 0 Å². The van der Waals surface area contributed by atoms with Gasteiger partial charge in [0.25, 0.3) is 10.0 Å². The normalized spacial score (nSPS) is 15.2. The fourth-order valence-electron chi connectivity index (χ4n) is 2.85. The molecule has 1 fully saturated rings. The molecule has 0 amide bonds. The molecular weight excluding hydrogens is 352 g/mol. The lowest BCUT2D eigenvalue weighted by molar-refractivity contribution is 0.210.